The molecule has 0 heterocycles. The zero-order valence-corrected chi connectivity index (χ0v) is 14.5. The van der Waals surface area contributed by atoms with E-state index in [1.165, 1.54) is 0 Å². The highest BCUT2D eigenvalue weighted by Gasteiger charge is 2.19. The summed E-state index contributed by atoms with van der Waals surface area (Å²) in [5.41, 5.74) is 3.77. The van der Waals surface area contributed by atoms with E-state index < -0.39 is 10.0 Å². The number of benzene rings is 2. The molecule has 3 nitrogen and oxygen atoms in total. The van der Waals surface area contributed by atoms with Gasteiger partial charge in [-0.25, -0.2) is 13.1 Å². The van der Waals surface area contributed by atoms with Crippen LogP contribution in [0.1, 0.15) is 35.2 Å². The second kappa shape index (κ2) is 6.82. The van der Waals surface area contributed by atoms with E-state index in [2.05, 4.69) is 4.72 Å². The van der Waals surface area contributed by atoms with Gasteiger partial charge in [-0.15, -0.1) is 0 Å². The summed E-state index contributed by atoms with van der Waals surface area (Å²) in [5.74, 6) is -0.123. The first-order chi connectivity index (χ1) is 10.3. The third-order valence-electron chi connectivity index (χ3n) is 3.56. The summed E-state index contributed by atoms with van der Waals surface area (Å²) in [6, 6.07) is 12.7. The Morgan fingerprint density at radius 1 is 1.14 bits per heavy atom. The summed E-state index contributed by atoms with van der Waals surface area (Å²) in [7, 11) is -3.47. The van der Waals surface area contributed by atoms with Crippen LogP contribution in [0.2, 0.25) is 5.02 Å². The van der Waals surface area contributed by atoms with Crippen LogP contribution in [-0.2, 0) is 15.8 Å². The molecule has 2 aromatic rings. The maximum absolute atomic E-state index is 12.4. The average Bonchev–Trinajstić information content (AvgIpc) is 2.43. The molecule has 1 N–H and O–H groups in total. The number of hydrogen-bond acceptors (Lipinski definition) is 2. The van der Waals surface area contributed by atoms with E-state index in [9.17, 15) is 8.42 Å². The lowest BCUT2D eigenvalue weighted by atomic mass is 10.0. The van der Waals surface area contributed by atoms with Crippen LogP contribution in [0.15, 0.2) is 42.5 Å². The van der Waals surface area contributed by atoms with Crippen LogP contribution in [0.3, 0.4) is 0 Å². The quantitative estimate of drug-likeness (QED) is 0.891. The van der Waals surface area contributed by atoms with Crippen molar-refractivity contribution in [2.45, 2.75) is 32.6 Å². The summed E-state index contributed by atoms with van der Waals surface area (Å²) in [6.45, 7) is 5.83. The molecule has 0 radical (unpaired) electrons. The predicted octanol–water partition coefficient (Wildman–Crippen LogP) is 4.14. The Bertz CT molecular complexity index is 772. The Morgan fingerprint density at radius 3 is 2.50 bits per heavy atom. The van der Waals surface area contributed by atoms with Gasteiger partial charge in [0.25, 0.3) is 0 Å². The van der Waals surface area contributed by atoms with Crippen LogP contribution in [-0.4, -0.2) is 8.42 Å². The maximum atomic E-state index is 12.4. The summed E-state index contributed by atoms with van der Waals surface area (Å²) in [6.07, 6.45) is 0. The molecule has 0 aromatic heterocycles. The van der Waals surface area contributed by atoms with Gasteiger partial charge in [0.15, 0.2) is 0 Å². The highest BCUT2D eigenvalue weighted by molar-refractivity contribution is 7.88. The van der Waals surface area contributed by atoms with Crippen molar-refractivity contribution in [1.29, 1.82) is 0 Å². The van der Waals surface area contributed by atoms with Crippen molar-refractivity contribution < 1.29 is 8.42 Å². The fraction of sp³-hybridized carbons (Fsp3) is 0.294. The monoisotopic (exact) mass is 337 g/mol. The van der Waals surface area contributed by atoms with E-state index in [1.54, 1.807) is 24.3 Å². The minimum absolute atomic E-state index is 0.123. The van der Waals surface area contributed by atoms with Crippen molar-refractivity contribution in [3.8, 4) is 0 Å². The molecule has 0 saturated heterocycles. The summed E-state index contributed by atoms with van der Waals surface area (Å²) in [4.78, 5) is 0. The van der Waals surface area contributed by atoms with Crippen molar-refractivity contribution in [3.05, 3.63) is 69.7 Å². The van der Waals surface area contributed by atoms with E-state index in [0.717, 1.165) is 16.7 Å². The highest BCUT2D eigenvalue weighted by atomic mass is 35.5. The van der Waals surface area contributed by atoms with E-state index in [4.69, 9.17) is 11.6 Å². The van der Waals surface area contributed by atoms with E-state index in [1.807, 2.05) is 39.0 Å². The molecule has 2 rings (SSSR count). The van der Waals surface area contributed by atoms with Gasteiger partial charge < -0.3 is 0 Å². The zero-order chi connectivity index (χ0) is 16.3. The van der Waals surface area contributed by atoms with Gasteiger partial charge in [0.1, 0.15) is 0 Å². The molecule has 22 heavy (non-hydrogen) atoms. The van der Waals surface area contributed by atoms with Crippen LogP contribution >= 0.6 is 11.6 Å². The number of halogens is 1. The van der Waals surface area contributed by atoms with Crippen molar-refractivity contribution in [3.63, 3.8) is 0 Å². The highest BCUT2D eigenvalue weighted by Crippen LogP contribution is 2.22. The van der Waals surface area contributed by atoms with E-state index in [0.29, 0.717) is 10.6 Å². The standard InChI is InChI=1S/C17H20ClNO2S/c1-12-8-9-13(2)16(10-12)14(3)19-22(20,21)11-15-6-4-5-7-17(15)18/h4-10,14,19H,11H2,1-3H3. The molecule has 0 bridgehead atoms. The third-order valence-corrected chi connectivity index (χ3v) is 5.33. The van der Waals surface area contributed by atoms with E-state index in [-0.39, 0.29) is 11.8 Å². The van der Waals surface area contributed by atoms with Crippen LogP contribution < -0.4 is 4.72 Å². The molecule has 2 aromatic carbocycles. The molecule has 0 saturated carbocycles. The first-order valence-corrected chi connectivity index (χ1v) is 9.12. The van der Waals surface area contributed by atoms with Gasteiger partial charge in [0.05, 0.1) is 5.75 Å². The number of hydrogen-bond donors (Lipinski definition) is 1. The molecule has 0 aliphatic carbocycles. The van der Waals surface area contributed by atoms with Gasteiger partial charge in [-0.2, -0.15) is 0 Å². The first-order valence-electron chi connectivity index (χ1n) is 7.09. The van der Waals surface area contributed by atoms with Gasteiger partial charge in [0.2, 0.25) is 10.0 Å². The third kappa shape index (κ3) is 4.32. The number of sulfonamides is 1. The molecule has 0 aliphatic heterocycles. The molecule has 0 aliphatic rings. The average molecular weight is 338 g/mol. The Balaban J connectivity index is 2.18. The van der Waals surface area contributed by atoms with Crippen LogP contribution in [0.5, 0.6) is 0 Å². The van der Waals surface area contributed by atoms with Gasteiger partial charge in [0, 0.05) is 11.1 Å². The van der Waals surface area contributed by atoms with Gasteiger partial charge in [-0.1, -0.05) is 53.6 Å². The summed E-state index contributed by atoms with van der Waals surface area (Å²) >= 11 is 6.04. The predicted molar refractivity (Wildman–Crippen MR) is 91.5 cm³/mol. The fourth-order valence-electron chi connectivity index (χ4n) is 2.42. The second-order valence-corrected chi connectivity index (χ2v) is 7.71. The SMILES string of the molecule is Cc1ccc(C)c(C(C)NS(=O)(=O)Cc2ccccc2Cl)c1. The molecule has 0 spiro atoms. The van der Waals surface area contributed by atoms with Crippen LogP contribution in [0, 0.1) is 13.8 Å². The molecular formula is C17H20ClNO2S. The fourth-order valence-corrected chi connectivity index (χ4v) is 4.11. The van der Waals surface area contributed by atoms with Crippen LogP contribution in [0.4, 0.5) is 0 Å². The molecule has 5 heteroatoms. The van der Waals surface area contributed by atoms with Crippen molar-refractivity contribution in [1.82, 2.24) is 4.72 Å². The molecule has 0 amide bonds. The van der Waals surface area contributed by atoms with Gasteiger partial charge in [-0.05, 0) is 43.5 Å². The summed E-state index contributed by atoms with van der Waals surface area (Å²) < 4.78 is 27.5. The Labute approximate surface area is 137 Å². The smallest absolute Gasteiger partial charge is 0.212 e. The molecule has 0 fully saturated rings. The largest absolute Gasteiger partial charge is 0.216 e. The minimum atomic E-state index is -3.47. The Morgan fingerprint density at radius 2 is 1.82 bits per heavy atom. The lowest BCUT2D eigenvalue weighted by Crippen LogP contribution is -2.28. The number of nitrogens with one attached hydrogen (secondary N) is 1. The minimum Gasteiger partial charge on any atom is -0.212 e. The lowest BCUT2D eigenvalue weighted by Gasteiger charge is -2.17. The summed E-state index contributed by atoms with van der Waals surface area (Å²) in [5, 5.41) is 0.465. The Kier molecular flexibility index (Phi) is 5.27. The van der Waals surface area contributed by atoms with Gasteiger partial charge in [-0.3, -0.25) is 0 Å². The van der Waals surface area contributed by atoms with Crippen molar-refractivity contribution in [2.75, 3.05) is 0 Å². The number of rotatable bonds is 5. The first kappa shape index (κ1) is 17.0. The van der Waals surface area contributed by atoms with E-state index >= 15 is 0 Å². The van der Waals surface area contributed by atoms with Gasteiger partial charge >= 0.3 is 0 Å². The molecule has 1 unspecified atom stereocenters. The van der Waals surface area contributed by atoms with Crippen LogP contribution in [0.25, 0.3) is 0 Å². The van der Waals surface area contributed by atoms with Crippen molar-refractivity contribution >= 4 is 21.6 Å². The lowest BCUT2D eigenvalue weighted by molar-refractivity contribution is 0.565. The number of aryl methyl sites for hydroxylation is 2. The molecular weight excluding hydrogens is 318 g/mol. The Hall–Kier alpha value is -1.36. The zero-order valence-electron chi connectivity index (χ0n) is 12.9. The topological polar surface area (TPSA) is 46.2 Å². The molecule has 118 valence electrons. The maximum Gasteiger partial charge on any atom is 0.216 e. The normalized spacial score (nSPS) is 13.1. The second-order valence-electron chi connectivity index (χ2n) is 5.55. The molecule has 1 atom stereocenters. The van der Waals surface area contributed by atoms with Crippen molar-refractivity contribution in [2.24, 2.45) is 0 Å².